The molecular formula is C19H29ClN4O2. The number of amides is 2. The van der Waals surface area contributed by atoms with Crippen LogP contribution in [0.25, 0.3) is 0 Å². The van der Waals surface area contributed by atoms with Crippen molar-refractivity contribution in [3.05, 3.63) is 48.0 Å². The molecule has 1 saturated heterocycles. The number of hydrogen-bond donors (Lipinski definition) is 2. The largest absolute Gasteiger partial charge is 0.352 e. The Hall–Kier alpha value is -1.89. The summed E-state index contributed by atoms with van der Waals surface area (Å²) in [6, 6.07) is 7.81. The molecule has 0 radical (unpaired) electrons. The number of piperazine rings is 1. The first kappa shape index (κ1) is 22.2. The van der Waals surface area contributed by atoms with E-state index < -0.39 is 0 Å². The molecule has 0 saturated carbocycles. The fourth-order valence-corrected chi connectivity index (χ4v) is 2.93. The molecule has 0 aliphatic carbocycles. The molecule has 6 nitrogen and oxygen atoms in total. The summed E-state index contributed by atoms with van der Waals surface area (Å²) in [5.41, 5.74) is 1.86. The average Bonchev–Trinajstić information content (AvgIpc) is 2.65. The molecule has 1 aromatic carbocycles. The Morgan fingerprint density at radius 3 is 2.54 bits per heavy atom. The van der Waals surface area contributed by atoms with Crippen LogP contribution in [-0.4, -0.2) is 74.5 Å². The van der Waals surface area contributed by atoms with Crippen LogP contribution in [0, 0.1) is 0 Å². The summed E-state index contributed by atoms with van der Waals surface area (Å²) < 4.78 is 0. The zero-order chi connectivity index (χ0) is 18.1. The van der Waals surface area contributed by atoms with Crippen molar-refractivity contribution in [2.24, 2.45) is 0 Å². The molecule has 144 valence electrons. The number of carbonyl (C=O) groups is 2. The lowest BCUT2D eigenvalue weighted by atomic mass is 10.0. The number of hydrogen-bond acceptors (Lipinski definition) is 4. The lowest BCUT2D eigenvalue weighted by molar-refractivity contribution is -0.122. The van der Waals surface area contributed by atoms with Crippen LogP contribution < -0.4 is 10.6 Å². The van der Waals surface area contributed by atoms with Gasteiger partial charge in [-0.3, -0.25) is 14.5 Å². The Morgan fingerprint density at radius 1 is 1.19 bits per heavy atom. The maximum atomic E-state index is 12.9. The lowest BCUT2D eigenvalue weighted by Crippen LogP contribution is -2.51. The van der Waals surface area contributed by atoms with Crippen LogP contribution in [0.2, 0.25) is 0 Å². The predicted octanol–water partition coefficient (Wildman–Crippen LogP) is 0.930. The molecule has 2 N–H and O–H groups in total. The van der Waals surface area contributed by atoms with Gasteiger partial charge in [0.2, 0.25) is 5.91 Å². The monoisotopic (exact) mass is 380 g/mol. The third-order valence-corrected chi connectivity index (χ3v) is 4.36. The third-order valence-electron chi connectivity index (χ3n) is 4.36. The minimum absolute atomic E-state index is 0. The standard InChI is InChI=1S/C19H28N4O2.ClH/c1-3-9-21-18(24)15-22-11-13-23(14-12-22)19(25)17-7-5-4-6-16(17)8-10-20-2;/h3-7,20H,1,8-15H2,2H3,(H,21,24);1H. The van der Waals surface area contributed by atoms with E-state index in [2.05, 4.69) is 22.1 Å². The van der Waals surface area contributed by atoms with Crippen molar-refractivity contribution in [2.75, 3.05) is 52.9 Å². The first-order valence-electron chi connectivity index (χ1n) is 8.77. The normalized spacial score (nSPS) is 14.4. The summed E-state index contributed by atoms with van der Waals surface area (Å²) in [6.45, 7) is 8.01. The summed E-state index contributed by atoms with van der Waals surface area (Å²) in [4.78, 5) is 28.6. The molecule has 2 amide bonds. The first-order chi connectivity index (χ1) is 12.2. The van der Waals surface area contributed by atoms with Crippen LogP contribution in [0.5, 0.6) is 0 Å². The van der Waals surface area contributed by atoms with Crippen LogP contribution in [0.3, 0.4) is 0 Å². The predicted molar refractivity (Wildman–Crippen MR) is 107 cm³/mol. The van der Waals surface area contributed by atoms with Gasteiger partial charge in [-0.15, -0.1) is 19.0 Å². The van der Waals surface area contributed by atoms with Gasteiger partial charge in [0.05, 0.1) is 6.54 Å². The minimum Gasteiger partial charge on any atom is -0.352 e. The van der Waals surface area contributed by atoms with E-state index in [1.807, 2.05) is 36.2 Å². The van der Waals surface area contributed by atoms with Crippen LogP contribution in [-0.2, 0) is 11.2 Å². The summed E-state index contributed by atoms with van der Waals surface area (Å²) in [6.07, 6.45) is 2.50. The number of benzene rings is 1. The molecule has 26 heavy (non-hydrogen) atoms. The Bertz CT molecular complexity index is 601. The summed E-state index contributed by atoms with van der Waals surface area (Å²) in [7, 11) is 1.91. The molecule has 2 rings (SSSR count). The smallest absolute Gasteiger partial charge is 0.254 e. The second kappa shape index (κ2) is 11.7. The highest BCUT2D eigenvalue weighted by molar-refractivity contribution is 5.95. The van der Waals surface area contributed by atoms with Crippen LogP contribution in [0.1, 0.15) is 15.9 Å². The second-order valence-corrected chi connectivity index (χ2v) is 6.17. The van der Waals surface area contributed by atoms with Gasteiger partial charge in [0, 0.05) is 38.3 Å². The molecule has 0 aromatic heterocycles. The van der Waals surface area contributed by atoms with Crippen molar-refractivity contribution in [3.63, 3.8) is 0 Å². The Balaban J connectivity index is 0.00000338. The highest BCUT2D eigenvalue weighted by atomic mass is 35.5. The molecule has 1 aliphatic heterocycles. The van der Waals surface area contributed by atoms with Gasteiger partial charge < -0.3 is 15.5 Å². The highest BCUT2D eigenvalue weighted by Gasteiger charge is 2.24. The van der Waals surface area contributed by atoms with Crippen molar-refractivity contribution in [1.82, 2.24) is 20.4 Å². The molecule has 1 aromatic rings. The maximum absolute atomic E-state index is 12.9. The van der Waals surface area contributed by atoms with E-state index in [9.17, 15) is 9.59 Å². The van der Waals surface area contributed by atoms with Gasteiger partial charge in [0.1, 0.15) is 0 Å². The van der Waals surface area contributed by atoms with E-state index >= 15 is 0 Å². The number of halogens is 1. The van der Waals surface area contributed by atoms with Crippen LogP contribution in [0.4, 0.5) is 0 Å². The van der Waals surface area contributed by atoms with Crippen LogP contribution in [0.15, 0.2) is 36.9 Å². The van der Waals surface area contributed by atoms with Gasteiger partial charge >= 0.3 is 0 Å². The van der Waals surface area contributed by atoms with Gasteiger partial charge in [-0.05, 0) is 31.6 Å². The Labute approximate surface area is 162 Å². The van der Waals surface area contributed by atoms with Crippen molar-refractivity contribution < 1.29 is 9.59 Å². The Kier molecular flexibility index (Phi) is 9.95. The summed E-state index contributed by atoms with van der Waals surface area (Å²) >= 11 is 0. The SMILES string of the molecule is C=CCNC(=O)CN1CCN(C(=O)c2ccccc2CCNC)CC1.Cl. The van der Waals surface area contributed by atoms with Gasteiger partial charge in [0.15, 0.2) is 0 Å². The second-order valence-electron chi connectivity index (χ2n) is 6.17. The van der Waals surface area contributed by atoms with E-state index in [0.717, 1.165) is 24.1 Å². The number of nitrogens with one attached hydrogen (secondary N) is 2. The zero-order valence-electron chi connectivity index (χ0n) is 15.4. The number of carbonyl (C=O) groups excluding carboxylic acids is 2. The summed E-state index contributed by atoms with van der Waals surface area (Å²) in [5.74, 6) is 0.0829. The fourth-order valence-electron chi connectivity index (χ4n) is 2.93. The third kappa shape index (κ3) is 6.44. The van der Waals surface area contributed by atoms with Gasteiger partial charge in [-0.25, -0.2) is 0 Å². The van der Waals surface area contributed by atoms with E-state index in [1.165, 1.54) is 0 Å². The number of likely N-dealkylation sites (N-methyl/N-ethyl adjacent to an activating group) is 1. The van der Waals surface area contributed by atoms with Gasteiger partial charge in [0.25, 0.3) is 5.91 Å². The minimum atomic E-state index is -0.00270. The van der Waals surface area contributed by atoms with Gasteiger partial charge in [-0.2, -0.15) is 0 Å². The first-order valence-corrected chi connectivity index (χ1v) is 8.77. The highest BCUT2D eigenvalue weighted by Crippen LogP contribution is 2.14. The quantitative estimate of drug-likeness (QED) is 0.658. The van der Waals surface area contributed by atoms with Gasteiger partial charge in [-0.1, -0.05) is 24.3 Å². The zero-order valence-corrected chi connectivity index (χ0v) is 16.2. The van der Waals surface area contributed by atoms with Crippen molar-refractivity contribution in [1.29, 1.82) is 0 Å². The van der Waals surface area contributed by atoms with E-state index in [-0.39, 0.29) is 24.2 Å². The molecular weight excluding hydrogens is 352 g/mol. The fraction of sp³-hybridized carbons (Fsp3) is 0.474. The van der Waals surface area contributed by atoms with E-state index in [4.69, 9.17) is 0 Å². The van der Waals surface area contributed by atoms with Crippen molar-refractivity contribution in [3.8, 4) is 0 Å². The number of nitrogens with zero attached hydrogens (tertiary/aromatic N) is 2. The van der Waals surface area contributed by atoms with Crippen molar-refractivity contribution in [2.45, 2.75) is 6.42 Å². The maximum Gasteiger partial charge on any atom is 0.254 e. The Morgan fingerprint density at radius 2 is 1.88 bits per heavy atom. The molecule has 0 spiro atoms. The molecule has 7 heteroatoms. The topological polar surface area (TPSA) is 64.7 Å². The molecule has 0 unspecified atom stereocenters. The summed E-state index contributed by atoms with van der Waals surface area (Å²) in [5, 5.41) is 5.91. The van der Waals surface area contributed by atoms with E-state index in [0.29, 0.717) is 39.3 Å². The van der Waals surface area contributed by atoms with E-state index in [1.54, 1.807) is 6.08 Å². The molecule has 1 aliphatic rings. The molecule has 1 fully saturated rings. The number of rotatable bonds is 8. The molecule has 0 bridgehead atoms. The molecule has 1 heterocycles. The average molecular weight is 381 g/mol. The molecule has 0 atom stereocenters. The van der Waals surface area contributed by atoms with Crippen LogP contribution >= 0.6 is 12.4 Å². The lowest BCUT2D eigenvalue weighted by Gasteiger charge is -2.34. The van der Waals surface area contributed by atoms with Crippen molar-refractivity contribution >= 4 is 24.2 Å².